The van der Waals surface area contributed by atoms with Crippen LogP contribution < -0.4 is 19.5 Å². The van der Waals surface area contributed by atoms with Crippen molar-refractivity contribution in [2.45, 2.75) is 30.7 Å². The van der Waals surface area contributed by atoms with E-state index in [2.05, 4.69) is 5.32 Å². The highest BCUT2D eigenvalue weighted by Gasteiger charge is 2.32. The Balaban J connectivity index is 1.34. The van der Waals surface area contributed by atoms with Gasteiger partial charge in [0, 0.05) is 19.0 Å². The number of sulfonamides is 1. The summed E-state index contributed by atoms with van der Waals surface area (Å²) in [7, 11) is -2.05. The number of fused-ring (bicyclic) bond motifs is 1. The summed E-state index contributed by atoms with van der Waals surface area (Å²) in [5.74, 6) is 1.72. The fourth-order valence-electron chi connectivity index (χ4n) is 4.00. The lowest BCUT2D eigenvalue weighted by atomic mass is 9.96. The van der Waals surface area contributed by atoms with Gasteiger partial charge in [-0.3, -0.25) is 4.79 Å². The van der Waals surface area contributed by atoms with Crippen molar-refractivity contribution in [3.05, 3.63) is 48.0 Å². The summed E-state index contributed by atoms with van der Waals surface area (Å²) < 4.78 is 43.5. The maximum atomic E-state index is 12.9. The minimum absolute atomic E-state index is 0.0612. The van der Waals surface area contributed by atoms with Gasteiger partial charge in [-0.1, -0.05) is 6.07 Å². The highest BCUT2D eigenvalue weighted by atomic mass is 32.2. The molecule has 0 radical (unpaired) electrons. The molecule has 2 aliphatic rings. The van der Waals surface area contributed by atoms with Crippen molar-refractivity contribution in [2.75, 3.05) is 33.4 Å². The van der Waals surface area contributed by atoms with Gasteiger partial charge in [0.15, 0.2) is 11.5 Å². The number of amides is 1. The van der Waals surface area contributed by atoms with Gasteiger partial charge in [-0.2, -0.15) is 4.31 Å². The molecule has 4 rings (SSSR count). The van der Waals surface area contributed by atoms with E-state index in [0.717, 1.165) is 5.56 Å². The Kier molecular flexibility index (Phi) is 6.57. The summed E-state index contributed by atoms with van der Waals surface area (Å²) in [5.41, 5.74) is 0.933. The van der Waals surface area contributed by atoms with Crippen LogP contribution in [0.4, 0.5) is 0 Å². The molecule has 1 amide bonds. The van der Waals surface area contributed by atoms with Gasteiger partial charge in [0.05, 0.1) is 18.0 Å². The molecule has 0 spiro atoms. The Labute approximate surface area is 188 Å². The molecule has 0 aliphatic carbocycles. The molecule has 1 fully saturated rings. The van der Waals surface area contributed by atoms with Crippen LogP contribution in [0.25, 0.3) is 0 Å². The second-order valence-corrected chi connectivity index (χ2v) is 9.93. The molecule has 1 atom stereocenters. The van der Waals surface area contributed by atoms with E-state index >= 15 is 0 Å². The second kappa shape index (κ2) is 9.38. The molecule has 0 aromatic heterocycles. The number of methoxy groups -OCH3 is 1. The van der Waals surface area contributed by atoms with Crippen LogP contribution in [-0.4, -0.2) is 52.0 Å². The van der Waals surface area contributed by atoms with Crippen molar-refractivity contribution >= 4 is 15.9 Å². The van der Waals surface area contributed by atoms with Crippen LogP contribution in [0.3, 0.4) is 0 Å². The molecule has 2 aromatic carbocycles. The maximum Gasteiger partial charge on any atom is 0.243 e. The minimum atomic E-state index is -3.59. The molecular formula is C23H28N2O6S. The summed E-state index contributed by atoms with van der Waals surface area (Å²) in [6.07, 6.45) is 0.962. The van der Waals surface area contributed by atoms with E-state index in [0.29, 0.717) is 56.4 Å². The third-order valence-corrected chi connectivity index (χ3v) is 7.86. The molecule has 2 heterocycles. The standard InChI is InChI=1S/C23H28N2O6S/c1-16(18-3-8-21-22(15-18)31-14-13-30-21)24-23(26)17-9-11-25(12-10-17)32(27,28)20-6-4-19(29-2)5-7-20/h3-8,15-17H,9-14H2,1-2H3,(H,24,26). The molecule has 9 heteroatoms. The van der Waals surface area contributed by atoms with Crippen LogP contribution in [0.15, 0.2) is 47.4 Å². The molecule has 1 N–H and O–H groups in total. The zero-order valence-corrected chi connectivity index (χ0v) is 19.1. The predicted octanol–water partition coefficient (Wildman–Crippen LogP) is 2.74. The Morgan fingerprint density at radius 1 is 1.06 bits per heavy atom. The molecule has 8 nitrogen and oxygen atoms in total. The monoisotopic (exact) mass is 460 g/mol. The van der Waals surface area contributed by atoms with Crippen LogP contribution >= 0.6 is 0 Å². The van der Waals surface area contributed by atoms with Gasteiger partial charge >= 0.3 is 0 Å². The second-order valence-electron chi connectivity index (χ2n) is 7.99. The van der Waals surface area contributed by atoms with Crippen molar-refractivity contribution < 1.29 is 27.4 Å². The number of rotatable bonds is 6. The highest BCUT2D eigenvalue weighted by molar-refractivity contribution is 7.89. The van der Waals surface area contributed by atoms with Gasteiger partial charge in [0.2, 0.25) is 15.9 Å². The third-order valence-electron chi connectivity index (χ3n) is 5.95. The quantitative estimate of drug-likeness (QED) is 0.713. The lowest BCUT2D eigenvalue weighted by molar-refractivity contribution is -0.126. The Hall–Kier alpha value is -2.78. The zero-order valence-electron chi connectivity index (χ0n) is 18.2. The number of ether oxygens (including phenoxy) is 3. The van der Waals surface area contributed by atoms with Crippen molar-refractivity contribution in [3.63, 3.8) is 0 Å². The summed E-state index contributed by atoms with van der Waals surface area (Å²) in [5, 5.41) is 3.05. The smallest absolute Gasteiger partial charge is 0.243 e. The lowest BCUT2D eigenvalue weighted by Crippen LogP contribution is -2.43. The highest BCUT2D eigenvalue weighted by Crippen LogP contribution is 2.33. The Morgan fingerprint density at radius 3 is 2.38 bits per heavy atom. The number of hydrogen-bond acceptors (Lipinski definition) is 6. The average molecular weight is 461 g/mol. The van der Waals surface area contributed by atoms with Gasteiger partial charge < -0.3 is 19.5 Å². The van der Waals surface area contributed by atoms with E-state index < -0.39 is 10.0 Å². The van der Waals surface area contributed by atoms with E-state index in [1.165, 1.54) is 11.4 Å². The molecule has 1 unspecified atom stereocenters. The van der Waals surface area contributed by atoms with Crippen LogP contribution in [0, 0.1) is 5.92 Å². The van der Waals surface area contributed by atoms with Gasteiger partial charge in [0.25, 0.3) is 0 Å². The van der Waals surface area contributed by atoms with E-state index in [-0.39, 0.29) is 22.8 Å². The van der Waals surface area contributed by atoms with Crippen molar-refractivity contribution in [1.29, 1.82) is 0 Å². The maximum absolute atomic E-state index is 12.9. The first-order chi connectivity index (χ1) is 15.4. The SMILES string of the molecule is COc1ccc(S(=O)(=O)N2CCC(C(=O)NC(C)c3ccc4c(c3)OCCO4)CC2)cc1. The van der Waals surface area contributed by atoms with Gasteiger partial charge in [-0.05, 0) is 61.7 Å². The fraction of sp³-hybridized carbons (Fsp3) is 0.435. The topological polar surface area (TPSA) is 94.2 Å². The van der Waals surface area contributed by atoms with Crippen LogP contribution in [0.2, 0.25) is 0 Å². The summed E-state index contributed by atoms with van der Waals surface area (Å²) in [4.78, 5) is 13.0. The number of carbonyl (C=O) groups is 1. The predicted molar refractivity (Wildman–Crippen MR) is 118 cm³/mol. The number of piperidine rings is 1. The molecule has 0 bridgehead atoms. The van der Waals surface area contributed by atoms with Crippen LogP contribution in [0.5, 0.6) is 17.2 Å². The largest absolute Gasteiger partial charge is 0.497 e. The zero-order chi connectivity index (χ0) is 22.7. The normalized spacial score (nSPS) is 18.1. The number of benzene rings is 2. The van der Waals surface area contributed by atoms with Gasteiger partial charge in [0.1, 0.15) is 19.0 Å². The first-order valence-electron chi connectivity index (χ1n) is 10.7. The minimum Gasteiger partial charge on any atom is -0.497 e. The van der Waals surface area contributed by atoms with Crippen LogP contribution in [0.1, 0.15) is 31.4 Å². The van der Waals surface area contributed by atoms with E-state index in [4.69, 9.17) is 14.2 Å². The van der Waals surface area contributed by atoms with Crippen molar-refractivity contribution in [3.8, 4) is 17.2 Å². The molecule has 2 aliphatic heterocycles. The number of carbonyl (C=O) groups excluding carboxylic acids is 1. The molecule has 1 saturated heterocycles. The van der Waals surface area contributed by atoms with Gasteiger partial charge in [-0.25, -0.2) is 8.42 Å². The molecule has 32 heavy (non-hydrogen) atoms. The summed E-state index contributed by atoms with van der Waals surface area (Å²) >= 11 is 0. The molecule has 172 valence electrons. The number of nitrogens with one attached hydrogen (secondary N) is 1. The van der Waals surface area contributed by atoms with E-state index in [1.807, 2.05) is 25.1 Å². The fourth-order valence-corrected chi connectivity index (χ4v) is 5.47. The molecule has 0 saturated carbocycles. The first-order valence-corrected chi connectivity index (χ1v) is 12.2. The summed E-state index contributed by atoms with van der Waals surface area (Å²) in [6.45, 7) is 3.59. The molecular weight excluding hydrogens is 432 g/mol. The lowest BCUT2D eigenvalue weighted by Gasteiger charge is -2.31. The molecule has 2 aromatic rings. The van der Waals surface area contributed by atoms with E-state index in [9.17, 15) is 13.2 Å². The third kappa shape index (κ3) is 4.68. The Morgan fingerprint density at radius 2 is 1.72 bits per heavy atom. The first kappa shape index (κ1) is 22.4. The number of nitrogens with zero attached hydrogens (tertiary/aromatic N) is 1. The van der Waals surface area contributed by atoms with Crippen molar-refractivity contribution in [1.82, 2.24) is 9.62 Å². The Bertz CT molecular complexity index is 1060. The van der Waals surface area contributed by atoms with Crippen molar-refractivity contribution in [2.24, 2.45) is 5.92 Å². The average Bonchev–Trinajstić information content (AvgIpc) is 2.83. The van der Waals surface area contributed by atoms with Crippen LogP contribution in [-0.2, 0) is 14.8 Å². The van der Waals surface area contributed by atoms with Gasteiger partial charge in [-0.15, -0.1) is 0 Å². The summed E-state index contributed by atoms with van der Waals surface area (Å²) in [6, 6.07) is 11.8. The number of hydrogen-bond donors (Lipinski definition) is 1. The van der Waals surface area contributed by atoms with E-state index in [1.54, 1.807) is 24.3 Å².